The number of hydrogen-bond donors (Lipinski definition) is 2. The molecule has 28 heteroatoms. The molecule has 2 aliphatic heterocycles. The van der Waals surface area contributed by atoms with Crippen LogP contribution in [0.4, 0.5) is 70.2 Å². The van der Waals surface area contributed by atoms with Gasteiger partial charge in [0.15, 0.2) is 93.1 Å². The van der Waals surface area contributed by atoms with E-state index < -0.39 is 202 Å². The van der Waals surface area contributed by atoms with E-state index >= 15 is 70.2 Å². The number of hydrogen-bond acceptors (Lipinski definition) is 6. The van der Waals surface area contributed by atoms with Gasteiger partial charge in [0.25, 0.3) is 0 Å². The van der Waals surface area contributed by atoms with Crippen molar-refractivity contribution in [1.29, 1.82) is 0 Å². The second-order valence-corrected chi connectivity index (χ2v) is 30.2. The molecule has 490 valence electrons. The molecule has 2 N–H and O–H groups in total. The van der Waals surface area contributed by atoms with E-state index in [0.717, 1.165) is 48.6 Å². The first-order valence-corrected chi connectivity index (χ1v) is 32.1. The molecule has 0 radical (unpaired) electrons. The monoisotopic (exact) mass is 1370 g/mol. The summed E-state index contributed by atoms with van der Waals surface area (Å²) < 4.78 is 271. The molecule has 9 rings (SSSR count). The zero-order chi connectivity index (χ0) is 67.8. The first kappa shape index (κ1) is 69.9. The lowest BCUT2D eigenvalue weighted by atomic mass is 10.0. The zero-order valence-electron chi connectivity index (χ0n) is 51.6. The summed E-state index contributed by atoms with van der Waals surface area (Å²) in [7, 11) is 21.0. The van der Waals surface area contributed by atoms with Crippen molar-refractivity contribution in [3.05, 3.63) is 140 Å². The average molecular weight is 1380 g/mol. The highest BCUT2D eigenvalue weighted by molar-refractivity contribution is 8.00. The molecule has 0 atom stereocenters. The van der Waals surface area contributed by atoms with Gasteiger partial charge >= 0.3 is 0 Å². The lowest BCUT2D eigenvalue weighted by molar-refractivity contribution is -0.867. The summed E-state index contributed by atoms with van der Waals surface area (Å²) in [6.07, 6.45) is 3.58. The van der Waals surface area contributed by atoms with E-state index in [1.54, 1.807) is 84.6 Å². The van der Waals surface area contributed by atoms with Crippen LogP contribution in [0.15, 0.2) is 43.8 Å². The van der Waals surface area contributed by atoms with Gasteiger partial charge in [-0.1, -0.05) is 0 Å². The molecular weight excluding hydrogens is 1310 g/mol. The minimum absolute atomic E-state index is 0.0663. The largest absolute Gasteiger partial charge is 0.354 e. The molecule has 0 unspecified atom stereocenters. The van der Waals surface area contributed by atoms with E-state index in [-0.39, 0.29) is 67.1 Å². The van der Waals surface area contributed by atoms with Crippen LogP contribution in [0.25, 0.3) is 90.9 Å². The van der Waals surface area contributed by atoms with E-state index in [1.165, 1.54) is 0 Å². The maximum Gasteiger partial charge on any atom is 0.176 e. The number of quaternary nitrogens is 4. The predicted octanol–water partition coefficient (Wildman–Crippen LogP) is 16.7. The van der Waals surface area contributed by atoms with Crippen LogP contribution < -0.4 is 0 Å². The third kappa shape index (κ3) is 14.0. The summed E-state index contributed by atoms with van der Waals surface area (Å²) in [5.74, 6) is -31.9. The number of aromatic amines is 2. The highest BCUT2D eigenvalue weighted by atomic mass is 32.2. The molecule has 2 aliphatic rings. The molecular formula is C64H62F16N8S4+4. The maximum atomic E-state index is 17.2. The molecule has 8 nitrogen and oxygen atoms in total. The molecule has 0 saturated heterocycles. The Morgan fingerprint density at radius 2 is 0.424 bits per heavy atom. The third-order valence-electron chi connectivity index (χ3n) is 14.7. The molecule has 7 aromatic rings. The van der Waals surface area contributed by atoms with Gasteiger partial charge in [-0.15, -0.1) is 47.0 Å². The molecule has 92 heavy (non-hydrogen) atoms. The number of thioether (sulfide) groups is 4. The van der Waals surface area contributed by atoms with E-state index in [2.05, 4.69) is 19.9 Å². The van der Waals surface area contributed by atoms with E-state index in [1.807, 2.05) is 0 Å². The summed E-state index contributed by atoms with van der Waals surface area (Å²) >= 11 is 1.74. The molecule has 0 aliphatic carbocycles. The van der Waals surface area contributed by atoms with Gasteiger partial charge in [0.1, 0.15) is 0 Å². The molecule has 5 heterocycles. The van der Waals surface area contributed by atoms with Crippen molar-refractivity contribution >= 4 is 93.4 Å². The lowest BCUT2D eigenvalue weighted by Gasteiger charge is -2.23. The Morgan fingerprint density at radius 3 is 0.576 bits per heavy atom. The summed E-state index contributed by atoms with van der Waals surface area (Å²) in [4.78, 5) is 9.75. The zero-order valence-corrected chi connectivity index (χ0v) is 54.9. The SMILES string of the molecule is C[N+](C)(C)CCSc1c(F)c(F)c(-c2c3nc(c(-c4c(F)c(F)c(SCC[N+](C)(C)C)c(F)c4F)c4ccc([nH]4)c(-c4c(F)c(F)c(SCC[N+](C)(C)C)c(F)c4F)c4nc(c(-c5c(F)c(F)c(SCC[N+](C)(C)C)c(F)c5F)c5ccc2[nH]5)C=C4)C=C3)c(F)c1F. The second kappa shape index (κ2) is 26.4. The Bertz CT molecular complexity index is 3730. The standard InChI is InChI=1S/C64H62F16N8S4/c1-85(2,3)21-25-89-61-53(73)45(65)41(46(66)54(61)74)37-29-13-15-31(81-29)38(42-47(67)55(75)62(56(76)48(42)68)90-26-22-86(4,5)6)33-17-19-35(83-33)40(44-51(71)59(79)64(60(80)52(44)72)92-28-24-88(10,11)12)36-20-18-34(84-36)39(32-16-14-30(37)82-32)43-49(69)57(77)63(58(78)50(43)70)91-27-23-87(7,8)9/h13-20,81,84H,21-28H2,1-12H3/q+4. The van der Waals surface area contributed by atoms with Crippen LogP contribution in [0.1, 0.15) is 22.8 Å². The van der Waals surface area contributed by atoms with Gasteiger partial charge in [0.05, 0.1) is 175 Å². The molecule has 0 fully saturated rings. The number of benzene rings is 4. The topological polar surface area (TPSA) is 57.4 Å². The van der Waals surface area contributed by atoms with Gasteiger partial charge in [-0.2, -0.15) is 0 Å². The van der Waals surface area contributed by atoms with Gasteiger partial charge in [-0.05, 0) is 48.6 Å². The van der Waals surface area contributed by atoms with Crippen molar-refractivity contribution < 1.29 is 88.2 Å². The number of rotatable bonds is 20. The fourth-order valence-corrected chi connectivity index (χ4v) is 14.9. The van der Waals surface area contributed by atoms with Crippen LogP contribution in [0.2, 0.25) is 0 Å². The van der Waals surface area contributed by atoms with Crippen LogP contribution >= 0.6 is 47.0 Å². The van der Waals surface area contributed by atoms with Crippen LogP contribution in [0.3, 0.4) is 0 Å². The molecule has 3 aromatic heterocycles. The molecule has 0 saturated carbocycles. The Labute approximate surface area is 536 Å². The van der Waals surface area contributed by atoms with Gasteiger partial charge in [0, 0.05) is 67.3 Å². The summed E-state index contributed by atoms with van der Waals surface area (Å²) in [5.41, 5.74) is -15.4. The van der Waals surface area contributed by atoms with Crippen LogP contribution in [-0.4, -0.2) is 172 Å². The quantitative estimate of drug-likeness (QED) is 0.0343. The highest BCUT2D eigenvalue weighted by Crippen LogP contribution is 2.47. The Morgan fingerprint density at radius 1 is 0.261 bits per heavy atom. The number of fused-ring (bicyclic) bond motifs is 8. The average Bonchev–Trinajstić information content (AvgIpc) is 1.49. The minimum atomic E-state index is -2.04. The van der Waals surface area contributed by atoms with E-state index in [4.69, 9.17) is 0 Å². The minimum Gasteiger partial charge on any atom is -0.354 e. The second-order valence-electron chi connectivity index (χ2n) is 25.8. The van der Waals surface area contributed by atoms with Gasteiger partial charge in [-0.3, -0.25) is 0 Å². The number of nitrogens with one attached hydrogen (secondary N) is 2. The molecule has 4 aromatic carbocycles. The van der Waals surface area contributed by atoms with Crippen LogP contribution in [-0.2, 0) is 0 Å². The van der Waals surface area contributed by atoms with Crippen LogP contribution in [0, 0.1) is 93.1 Å². The molecule has 0 amide bonds. The van der Waals surface area contributed by atoms with E-state index in [0.29, 0.717) is 47.0 Å². The maximum absolute atomic E-state index is 17.2. The smallest absolute Gasteiger partial charge is 0.176 e. The van der Waals surface area contributed by atoms with Crippen molar-refractivity contribution in [2.75, 3.05) is 134 Å². The van der Waals surface area contributed by atoms with Crippen molar-refractivity contribution in [3.63, 3.8) is 0 Å². The van der Waals surface area contributed by atoms with E-state index in [9.17, 15) is 0 Å². The number of halogens is 16. The summed E-state index contributed by atoms with van der Waals surface area (Å²) in [6.45, 7) is 0.966. The fourth-order valence-electron chi connectivity index (χ4n) is 9.77. The first-order chi connectivity index (χ1) is 42.8. The highest BCUT2D eigenvalue weighted by Gasteiger charge is 2.36. The number of aromatic nitrogens is 4. The van der Waals surface area contributed by atoms with Crippen molar-refractivity contribution in [3.8, 4) is 44.5 Å². The van der Waals surface area contributed by atoms with Crippen LogP contribution in [0.5, 0.6) is 0 Å². The summed E-state index contributed by atoms with van der Waals surface area (Å²) in [5, 5.41) is 0. The summed E-state index contributed by atoms with van der Waals surface area (Å²) in [6, 6.07) is 3.69. The van der Waals surface area contributed by atoms with Crippen molar-refractivity contribution in [2.45, 2.75) is 19.6 Å². The Hall–Kier alpha value is -6.40. The normalized spacial score (nSPS) is 13.0. The van der Waals surface area contributed by atoms with Gasteiger partial charge < -0.3 is 27.9 Å². The lowest BCUT2D eigenvalue weighted by Crippen LogP contribution is -2.36. The van der Waals surface area contributed by atoms with Crippen molar-refractivity contribution in [2.24, 2.45) is 0 Å². The number of H-pyrrole nitrogens is 2. The predicted molar refractivity (Wildman–Crippen MR) is 334 cm³/mol. The third-order valence-corrected chi connectivity index (χ3v) is 18.8. The number of nitrogens with zero attached hydrogens (tertiary/aromatic N) is 6. The fraction of sp³-hybridized carbons (Fsp3) is 0.312. The van der Waals surface area contributed by atoms with Crippen molar-refractivity contribution in [1.82, 2.24) is 19.9 Å². The molecule has 0 spiro atoms. The van der Waals surface area contributed by atoms with Gasteiger partial charge in [-0.25, -0.2) is 80.2 Å². The Kier molecular flexibility index (Phi) is 20.1. The Balaban J connectivity index is 1.48. The molecule has 8 bridgehead atoms. The van der Waals surface area contributed by atoms with Gasteiger partial charge in [0.2, 0.25) is 0 Å². The first-order valence-electron chi connectivity index (χ1n) is 28.2.